The van der Waals surface area contributed by atoms with Gasteiger partial charge in [-0.1, -0.05) is 0 Å². The van der Waals surface area contributed by atoms with E-state index in [1.807, 2.05) is 30.6 Å². The van der Waals surface area contributed by atoms with Crippen LogP contribution in [0.15, 0.2) is 49.1 Å². The molecule has 1 saturated heterocycles. The van der Waals surface area contributed by atoms with Crippen LogP contribution < -0.4 is 10.6 Å². The molecule has 1 aliphatic rings. The fraction of sp³-hybridized carbons (Fsp3) is 0.278. The van der Waals surface area contributed by atoms with Crippen molar-refractivity contribution in [1.29, 1.82) is 0 Å². The molecule has 0 saturated carbocycles. The summed E-state index contributed by atoms with van der Waals surface area (Å²) in [5, 5.41) is 9.27. The zero-order chi connectivity index (χ0) is 15.5. The summed E-state index contributed by atoms with van der Waals surface area (Å²) in [5.74, 6) is 0.936. The maximum atomic E-state index is 4.87. The molecule has 23 heavy (non-hydrogen) atoms. The molecule has 0 aromatic carbocycles. The van der Waals surface area contributed by atoms with Crippen LogP contribution in [0.5, 0.6) is 0 Å². The smallest absolute Gasteiger partial charge is 0.134 e. The van der Waals surface area contributed by atoms with Gasteiger partial charge in [0.15, 0.2) is 0 Å². The average Bonchev–Trinajstić information content (AvgIpc) is 2.63. The van der Waals surface area contributed by atoms with E-state index in [4.69, 9.17) is 4.98 Å². The minimum absolute atomic E-state index is 0.417. The highest BCUT2D eigenvalue weighted by Gasteiger charge is 2.15. The van der Waals surface area contributed by atoms with Crippen molar-refractivity contribution in [3.05, 3.63) is 49.1 Å². The Morgan fingerprint density at radius 2 is 1.96 bits per heavy atom. The van der Waals surface area contributed by atoms with Gasteiger partial charge in [0.25, 0.3) is 0 Å². The van der Waals surface area contributed by atoms with Crippen molar-refractivity contribution in [2.45, 2.75) is 18.9 Å². The molecule has 2 N–H and O–H groups in total. The third-order valence-corrected chi connectivity index (χ3v) is 4.25. The number of aromatic nitrogens is 3. The molecule has 5 heteroatoms. The minimum Gasteiger partial charge on any atom is -0.366 e. The fourth-order valence-corrected chi connectivity index (χ4v) is 3.05. The van der Waals surface area contributed by atoms with Crippen molar-refractivity contribution in [3.63, 3.8) is 0 Å². The highest BCUT2D eigenvalue weighted by molar-refractivity contribution is 5.94. The molecule has 0 spiro atoms. The average molecular weight is 305 g/mol. The van der Waals surface area contributed by atoms with Gasteiger partial charge < -0.3 is 10.6 Å². The molecule has 1 unspecified atom stereocenters. The zero-order valence-corrected chi connectivity index (χ0v) is 12.9. The number of nitrogens with zero attached hydrogens (tertiary/aromatic N) is 3. The molecule has 0 bridgehead atoms. The number of pyridine rings is 3. The normalized spacial score (nSPS) is 18.0. The number of fused-ring (bicyclic) bond motifs is 1. The first-order valence-corrected chi connectivity index (χ1v) is 8.02. The first-order chi connectivity index (χ1) is 11.4. The van der Waals surface area contributed by atoms with E-state index in [0.29, 0.717) is 6.04 Å². The molecule has 5 nitrogen and oxygen atoms in total. The molecule has 1 fully saturated rings. The van der Waals surface area contributed by atoms with Crippen LogP contribution >= 0.6 is 0 Å². The van der Waals surface area contributed by atoms with Crippen molar-refractivity contribution >= 4 is 16.6 Å². The number of piperidine rings is 1. The summed E-state index contributed by atoms with van der Waals surface area (Å²) in [6, 6.07) is 8.49. The second-order valence-corrected chi connectivity index (χ2v) is 5.88. The van der Waals surface area contributed by atoms with Gasteiger partial charge in [0.05, 0.1) is 5.69 Å². The van der Waals surface area contributed by atoms with E-state index < -0.39 is 0 Å². The lowest BCUT2D eigenvalue weighted by Gasteiger charge is -2.25. The largest absolute Gasteiger partial charge is 0.366 e. The van der Waals surface area contributed by atoms with Crippen LogP contribution in [-0.4, -0.2) is 34.1 Å². The van der Waals surface area contributed by atoms with E-state index >= 15 is 0 Å². The molecule has 4 rings (SSSR count). The van der Waals surface area contributed by atoms with Crippen LogP contribution in [-0.2, 0) is 0 Å². The van der Waals surface area contributed by atoms with Crippen molar-refractivity contribution in [2.75, 3.05) is 18.4 Å². The van der Waals surface area contributed by atoms with Gasteiger partial charge in [-0.25, -0.2) is 4.98 Å². The number of nitrogens with one attached hydrogen (secondary N) is 2. The highest BCUT2D eigenvalue weighted by Crippen LogP contribution is 2.27. The molecular weight excluding hydrogens is 286 g/mol. The summed E-state index contributed by atoms with van der Waals surface area (Å²) in [4.78, 5) is 13.2. The Labute approximate surface area is 135 Å². The van der Waals surface area contributed by atoms with Crippen molar-refractivity contribution in [2.24, 2.45) is 0 Å². The summed E-state index contributed by atoms with van der Waals surface area (Å²) >= 11 is 0. The van der Waals surface area contributed by atoms with Crippen LogP contribution in [0, 0.1) is 0 Å². The second-order valence-electron chi connectivity index (χ2n) is 5.88. The first-order valence-electron chi connectivity index (χ1n) is 8.02. The van der Waals surface area contributed by atoms with E-state index in [2.05, 4.69) is 26.7 Å². The lowest BCUT2D eigenvalue weighted by Crippen LogP contribution is -2.38. The molecule has 116 valence electrons. The molecule has 1 atom stereocenters. The van der Waals surface area contributed by atoms with Gasteiger partial charge in [0, 0.05) is 53.7 Å². The van der Waals surface area contributed by atoms with Crippen molar-refractivity contribution in [3.8, 4) is 11.3 Å². The van der Waals surface area contributed by atoms with Crippen LogP contribution in [0.4, 0.5) is 5.82 Å². The molecule has 0 aliphatic carbocycles. The maximum Gasteiger partial charge on any atom is 0.134 e. The van der Waals surface area contributed by atoms with Crippen molar-refractivity contribution in [1.82, 2.24) is 20.3 Å². The van der Waals surface area contributed by atoms with Gasteiger partial charge in [-0.05, 0) is 43.7 Å². The van der Waals surface area contributed by atoms with E-state index in [0.717, 1.165) is 40.9 Å². The Bertz CT molecular complexity index is 797. The summed E-state index contributed by atoms with van der Waals surface area (Å²) in [7, 11) is 0. The lowest BCUT2D eigenvalue weighted by molar-refractivity contribution is 0.479. The SMILES string of the molecule is c1cc(-c2cc3cnccc3c(NC3CCCNC3)n2)ccn1. The van der Waals surface area contributed by atoms with Gasteiger partial charge in [-0.2, -0.15) is 0 Å². The highest BCUT2D eigenvalue weighted by atomic mass is 15.1. The van der Waals surface area contributed by atoms with Gasteiger partial charge in [0.1, 0.15) is 5.82 Å². The molecule has 4 heterocycles. The number of hydrogen-bond acceptors (Lipinski definition) is 5. The van der Waals surface area contributed by atoms with E-state index in [9.17, 15) is 0 Å². The molecule has 0 amide bonds. The standard InChI is InChI=1S/C18H19N5/c1-2-15(12-20-6-1)22-18-16-5-9-21-11-14(16)10-17(23-18)13-3-7-19-8-4-13/h3-5,7-11,15,20H,1-2,6,12H2,(H,22,23). The predicted octanol–water partition coefficient (Wildman–Crippen LogP) is 2.86. The Kier molecular flexibility index (Phi) is 3.86. The van der Waals surface area contributed by atoms with Crippen LogP contribution in [0.3, 0.4) is 0 Å². The van der Waals surface area contributed by atoms with Gasteiger partial charge >= 0.3 is 0 Å². The quantitative estimate of drug-likeness (QED) is 0.779. The Balaban J connectivity index is 1.77. The minimum atomic E-state index is 0.417. The third kappa shape index (κ3) is 3.00. The molecular formula is C18H19N5. The van der Waals surface area contributed by atoms with Crippen LogP contribution in [0.25, 0.3) is 22.0 Å². The fourth-order valence-electron chi connectivity index (χ4n) is 3.05. The summed E-state index contributed by atoms with van der Waals surface area (Å²) < 4.78 is 0. The number of anilines is 1. The van der Waals surface area contributed by atoms with E-state index in [1.54, 1.807) is 12.4 Å². The summed E-state index contributed by atoms with van der Waals surface area (Å²) in [6.07, 6.45) is 9.67. The number of hydrogen-bond donors (Lipinski definition) is 2. The van der Waals surface area contributed by atoms with Crippen LogP contribution in [0.1, 0.15) is 12.8 Å². The molecule has 3 aromatic heterocycles. The second kappa shape index (κ2) is 6.30. The van der Waals surface area contributed by atoms with Gasteiger partial charge in [-0.3, -0.25) is 9.97 Å². The lowest BCUT2D eigenvalue weighted by atomic mass is 10.1. The predicted molar refractivity (Wildman–Crippen MR) is 92.3 cm³/mol. The topological polar surface area (TPSA) is 62.7 Å². The van der Waals surface area contributed by atoms with Gasteiger partial charge in [0.2, 0.25) is 0 Å². The Morgan fingerprint density at radius 3 is 2.78 bits per heavy atom. The third-order valence-electron chi connectivity index (χ3n) is 4.25. The monoisotopic (exact) mass is 305 g/mol. The maximum absolute atomic E-state index is 4.87. The van der Waals surface area contributed by atoms with Crippen molar-refractivity contribution < 1.29 is 0 Å². The Morgan fingerprint density at radius 1 is 1.09 bits per heavy atom. The number of rotatable bonds is 3. The van der Waals surface area contributed by atoms with E-state index in [1.165, 1.54) is 12.8 Å². The van der Waals surface area contributed by atoms with Gasteiger partial charge in [-0.15, -0.1) is 0 Å². The zero-order valence-electron chi connectivity index (χ0n) is 12.9. The Hall–Kier alpha value is -2.53. The first kappa shape index (κ1) is 14.1. The molecule has 1 aliphatic heterocycles. The van der Waals surface area contributed by atoms with Crippen LogP contribution in [0.2, 0.25) is 0 Å². The summed E-state index contributed by atoms with van der Waals surface area (Å²) in [6.45, 7) is 2.08. The molecule has 0 radical (unpaired) electrons. The molecule has 3 aromatic rings. The van der Waals surface area contributed by atoms with E-state index in [-0.39, 0.29) is 0 Å². The summed E-state index contributed by atoms with van der Waals surface area (Å²) in [5.41, 5.74) is 2.01.